The number of hydrogen-bond donors (Lipinski definition) is 2. The van der Waals surface area contributed by atoms with Gasteiger partial charge in [0, 0.05) is 39.6 Å². The smallest absolute Gasteiger partial charge is 0.315 e. The van der Waals surface area contributed by atoms with Crippen molar-refractivity contribution in [1.29, 1.82) is 0 Å². The van der Waals surface area contributed by atoms with Crippen LogP contribution in [0.1, 0.15) is 38.4 Å². The summed E-state index contributed by atoms with van der Waals surface area (Å²) in [5, 5.41) is 8.54. The maximum Gasteiger partial charge on any atom is 0.315 e. The van der Waals surface area contributed by atoms with Crippen molar-refractivity contribution in [3.05, 3.63) is 16.1 Å². The van der Waals surface area contributed by atoms with Crippen LogP contribution in [-0.4, -0.2) is 33.3 Å². The van der Waals surface area contributed by atoms with Crippen molar-refractivity contribution in [2.24, 2.45) is 0 Å². The molecule has 7 heteroatoms. The van der Waals surface area contributed by atoms with Gasteiger partial charge in [0.05, 0.1) is 17.2 Å². The van der Waals surface area contributed by atoms with Gasteiger partial charge in [0.15, 0.2) is 0 Å². The second-order valence-corrected chi connectivity index (χ2v) is 8.20. The molecule has 0 bridgehead atoms. The van der Waals surface area contributed by atoms with Crippen LogP contribution in [-0.2, 0) is 22.8 Å². The van der Waals surface area contributed by atoms with E-state index in [1.54, 1.807) is 17.6 Å². The molecule has 1 rings (SSSR count). The van der Waals surface area contributed by atoms with Crippen LogP contribution in [0.5, 0.6) is 0 Å². The minimum Gasteiger partial charge on any atom is -0.335 e. The van der Waals surface area contributed by atoms with Crippen molar-refractivity contribution < 1.29 is 9.00 Å². The number of aromatic nitrogens is 1. The summed E-state index contributed by atoms with van der Waals surface area (Å²) in [5.74, 6) is 0.457. The molecule has 5 nitrogen and oxygen atoms in total. The SMILES string of the molecule is C[C@H](C[S@](C)=O)NC(=O)NCc1csc(C(C)(C)C)n1. The van der Waals surface area contributed by atoms with Crippen LogP contribution in [0.4, 0.5) is 4.79 Å². The van der Waals surface area contributed by atoms with E-state index in [4.69, 9.17) is 0 Å². The van der Waals surface area contributed by atoms with Gasteiger partial charge in [-0.05, 0) is 6.92 Å². The summed E-state index contributed by atoms with van der Waals surface area (Å²) < 4.78 is 11.0. The highest BCUT2D eigenvalue weighted by Gasteiger charge is 2.18. The largest absolute Gasteiger partial charge is 0.335 e. The van der Waals surface area contributed by atoms with Crippen molar-refractivity contribution in [2.75, 3.05) is 12.0 Å². The van der Waals surface area contributed by atoms with E-state index in [0.717, 1.165) is 10.7 Å². The molecule has 2 amide bonds. The van der Waals surface area contributed by atoms with E-state index in [2.05, 4.69) is 36.4 Å². The lowest BCUT2D eigenvalue weighted by Crippen LogP contribution is -2.42. The van der Waals surface area contributed by atoms with Crippen LogP contribution in [0.2, 0.25) is 0 Å². The number of nitrogens with zero attached hydrogens (tertiary/aromatic N) is 1. The number of thiazole rings is 1. The maximum absolute atomic E-state index is 11.7. The van der Waals surface area contributed by atoms with E-state index in [-0.39, 0.29) is 17.5 Å². The normalized spacial score (nSPS) is 14.7. The van der Waals surface area contributed by atoms with Gasteiger partial charge in [-0.15, -0.1) is 11.3 Å². The van der Waals surface area contributed by atoms with E-state index in [1.807, 2.05) is 12.3 Å². The highest BCUT2D eigenvalue weighted by molar-refractivity contribution is 7.84. The molecule has 0 aliphatic heterocycles. The third kappa shape index (κ3) is 6.00. The molecular weight excluding hydrogens is 294 g/mol. The lowest BCUT2D eigenvalue weighted by atomic mass is 9.98. The van der Waals surface area contributed by atoms with Crippen molar-refractivity contribution in [3.8, 4) is 0 Å². The molecule has 1 aromatic heterocycles. The molecule has 1 heterocycles. The monoisotopic (exact) mass is 317 g/mol. The number of carbonyl (C=O) groups excluding carboxylic acids is 1. The van der Waals surface area contributed by atoms with Gasteiger partial charge in [0.1, 0.15) is 0 Å². The Kier molecular flexibility index (Phi) is 6.13. The quantitative estimate of drug-likeness (QED) is 0.872. The van der Waals surface area contributed by atoms with Gasteiger partial charge < -0.3 is 10.6 Å². The van der Waals surface area contributed by atoms with Crippen LogP contribution in [0.3, 0.4) is 0 Å². The Morgan fingerprint density at radius 3 is 2.65 bits per heavy atom. The Labute approximate surface area is 127 Å². The molecule has 0 aliphatic carbocycles. The zero-order valence-electron chi connectivity index (χ0n) is 12.6. The number of hydrogen-bond acceptors (Lipinski definition) is 4. The number of amides is 2. The Balaban J connectivity index is 2.41. The second-order valence-electron chi connectivity index (χ2n) is 5.86. The van der Waals surface area contributed by atoms with Crippen molar-refractivity contribution in [3.63, 3.8) is 0 Å². The van der Waals surface area contributed by atoms with Crippen LogP contribution in [0, 0.1) is 0 Å². The standard InChI is InChI=1S/C13H23N3O2S2/c1-9(8-20(5)18)15-12(17)14-6-10-7-19-11(16-10)13(2,3)4/h7,9H,6,8H2,1-5H3,(H2,14,15,17)/t9-,20+/m1/s1. The average Bonchev–Trinajstić information content (AvgIpc) is 2.73. The second kappa shape index (κ2) is 7.17. The van der Waals surface area contributed by atoms with Gasteiger partial charge in [0.25, 0.3) is 0 Å². The highest BCUT2D eigenvalue weighted by atomic mass is 32.2. The summed E-state index contributed by atoms with van der Waals surface area (Å²) in [6.45, 7) is 8.58. The lowest BCUT2D eigenvalue weighted by molar-refractivity contribution is 0.238. The first kappa shape index (κ1) is 17.1. The molecule has 2 atom stereocenters. The number of rotatable bonds is 5. The molecule has 114 valence electrons. The molecule has 0 aliphatic rings. The van der Waals surface area contributed by atoms with Gasteiger partial charge in [0.2, 0.25) is 0 Å². The molecule has 0 aromatic carbocycles. The highest BCUT2D eigenvalue weighted by Crippen LogP contribution is 2.25. The minimum atomic E-state index is -0.912. The molecule has 1 aromatic rings. The Morgan fingerprint density at radius 1 is 1.50 bits per heavy atom. The Hall–Kier alpha value is -0.950. The van der Waals surface area contributed by atoms with Gasteiger partial charge >= 0.3 is 6.03 Å². The van der Waals surface area contributed by atoms with Gasteiger partial charge in [-0.2, -0.15) is 0 Å². The van der Waals surface area contributed by atoms with E-state index in [1.165, 1.54) is 0 Å². The summed E-state index contributed by atoms with van der Waals surface area (Å²) in [4.78, 5) is 16.2. The van der Waals surface area contributed by atoms with Crippen LogP contribution < -0.4 is 10.6 Å². The summed E-state index contributed by atoms with van der Waals surface area (Å²) >= 11 is 1.61. The fourth-order valence-corrected chi connectivity index (χ4v) is 3.27. The molecular formula is C13H23N3O2S2. The zero-order chi connectivity index (χ0) is 15.3. The molecule has 0 saturated carbocycles. The van der Waals surface area contributed by atoms with Crippen LogP contribution in [0.25, 0.3) is 0 Å². The minimum absolute atomic E-state index is 0.0326. The van der Waals surface area contributed by atoms with Crippen molar-refractivity contribution in [1.82, 2.24) is 15.6 Å². The Morgan fingerprint density at radius 2 is 2.15 bits per heavy atom. The molecule has 0 unspecified atom stereocenters. The van der Waals surface area contributed by atoms with Gasteiger partial charge in [-0.1, -0.05) is 20.8 Å². The summed E-state index contributed by atoms with van der Waals surface area (Å²) in [7, 11) is -0.912. The number of carbonyl (C=O) groups is 1. The zero-order valence-corrected chi connectivity index (χ0v) is 14.3. The van der Waals surface area contributed by atoms with E-state index < -0.39 is 10.8 Å². The molecule has 0 saturated heterocycles. The number of nitrogens with one attached hydrogen (secondary N) is 2. The summed E-state index contributed by atoms with van der Waals surface area (Å²) in [5.41, 5.74) is 0.895. The van der Waals surface area contributed by atoms with E-state index >= 15 is 0 Å². The van der Waals surface area contributed by atoms with Crippen molar-refractivity contribution in [2.45, 2.75) is 45.7 Å². The van der Waals surface area contributed by atoms with Crippen molar-refractivity contribution >= 4 is 28.2 Å². The summed E-state index contributed by atoms with van der Waals surface area (Å²) in [6, 6.07) is -0.366. The lowest BCUT2D eigenvalue weighted by Gasteiger charge is -2.14. The predicted molar refractivity (Wildman–Crippen MR) is 84.6 cm³/mol. The molecule has 0 spiro atoms. The van der Waals surface area contributed by atoms with Gasteiger partial charge in [-0.25, -0.2) is 9.78 Å². The molecule has 2 N–H and O–H groups in total. The van der Waals surface area contributed by atoms with Crippen LogP contribution >= 0.6 is 11.3 Å². The average molecular weight is 317 g/mol. The van der Waals surface area contributed by atoms with E-state index in [0.29, 0.717) is 12.3 Å². The first-order chi connectivity index (χ1) is 9.18. The fourth-order valence-electron chi connectivity index (χ4n) is 1.57. The summed E-state index contributed by atoms with van der Waals surface area (Å²) in [6.07, 6.45) is 1.62. The van der Waals surface area contributed by atoms with E-state index in [9.17, 15) is 9.00 Å². The maximum atomic E-state index is 11.7. The first-order valence-electron chi connectivity index (χ1n) is 6.47. The van der Waals surface area contributed by atoms with Gasteiger partial charge in [-0.3, -0.25) is 4.21 Å². The van der Waals surface area contributed by atoms with Crippen LogP contribution in [0.15, 0.2) is 5.38 Å². The number of urea groups is 1. The third-order valence-electron chi connectivity index (χ3n) is 2.49. The predicted octanol–water partition coefficient (Wildman–Crippen LogP) is 2.01. The fraction of sp³-hybridized carbons (Fsp3) is 0.692. The molecule has 0 radical (unpaired) electrons. The Bertz CT molecular complexity index is 480. The third-order valence-corrected chi connectivity index (χ3v) is 4.77. The molecule has 0 fully saturated rings. The first-order valence-corrected chi connectivity index (χ1v) is 9.08. The molecule has 20 heavy (non-hydrogen) atoms. The topological polar surface area (TPSA) is 71.1 Å².